The first-order valence-corrected chi connectivity index (χ1v) is 6.04. The number of nitrogen functional groups attached to an aromatic ring is 1. The Balaban J connectivity index is 2.30. The maximum absolute atomic E-state index is 13.5. The number of halogens is 1. The summed E-state index contributed by atoms with van der Waals surface area (Å²) in [6.45, 7) is 4.97. The minimum absolute atomic E-state index is 0.0365. The van der Waals surface area contributed by atoms with Crippen molar-refractivity contribution in [3.8, 4) is 11.4 Å². The largest absolute Gasteiger partial charge is 0.396 e. The summed E-state index contributed by atoms with van der Waals surface area (Å²) in [6.07, 6.45) is 0. The average molecular weight is 265 g/mol. The molecule has 0 saturated heterocycles. The lowest BCUT2D eigenvalue weighted by atomic mass is 10.2. The van der Waals surface area contributed by atoms with Crippen molar-refractivity contribution in [1.82, 2.24) is 20.2 Å². The molecule has 0 fully saturated rings. The summed E-state index contributed by atoms with van der Waals surface area (Å²) >= 11 is 0. The van der Waals surface area contributed by atoms with Gasteiger partial charge in [-0.2, -0.15) is 0 Å². The predicted molar refractivity (Wildman–Crippen MR) is 68.8 cm³/mol. The zero-order valence-electron chi connectivity index (χ0n) is 10.9. The maximum Gasteiger partial charge on any atom is 0.182 e. The summed E-state index contributed by atoms with van der Waals surface area (Å²) in [5, 5.41) is 11.5. The Kier molecular flexibility index (Phi) is 4.06. The molecular formula is C12H16FN5O. The Bertz CT molecular complexity index is 557. The summed E-state index contributed by atoms with van der Waals surface area (Å²) in [5.41, 5.74) is 6.14. The van der Waals surface area contributed by atoms with Crippen LogP contribution >= 0.6 is 0 Å². The van der Waals surface area contributed by atoms with Crippen LogP contribution in [0.15, 0.2) is 18.2 Å². The van der Waals surface area contributed by atoms with Crippen molar-refractivity contribution in [2.24, 2.45) is 0 Å². The summed E-state index contributed by atoms with van der Waals surface area (Å²) < 4.78 is 20.4. The fraction of sp³-hybridized carbons (Fsp3) is 0.417. The SMILES string of the molecule is CCOCC(C)n1nnnc1-c1ccc(N)c(F)c1. The van der Waals surface area contributed by atoms with Gasteiger partial charge in [0, 0.05) is 12.2 Å². The molecule has 6 nitrogen and oxygen atoms in total. The third-order valence-electron chi connectivity index (χ3n) is 2.73. The van der Waals surface area contributed by atoms with Crippen LogP contribution in [-0.2, 0) is 4.74 Å². The van der Waals surface area contributed by atoms with E-state index in [0.29, 0.717) is 24.6 Å². The average Bonchev–Trinajstić information content (AvgIpc) is 2.88. The summed E-state index contributed by atoms with van der Waals surface area (Å²) in [7, 11) is 0. The van der Waals surface area contributed by atoms with Gasteiger partial charge in [0.1, 0.15) is 5.82 Å². The topological polar surface area (TPSA) is 78.8 Å². The van der Waals surface area contributed by atoms with Gasteiger partial charge in [0.15, 0.2) is 5.82 Å². The zero-order valence-corrected chi connectivity index (χ0v) is 10.9. The Morgan fingerprint density at radius 2 is 2.26 bits per heavy atom. The molecule has 1 atom stereocenters. The minimum atomic E-state index is -0.482. The van der Waals surface area contributed by atoms with Gasteiger partial charge in [-0.15, -0.1) is 5.10 Å². The first-order valence-electron chi connectivity index (χ1n) is 6.04. The molecule has 1 aromatic heterocycles. The van der Waals surface area contributed by atoms with E-state index < -0.39 is 5.82 Å². The molecule has 1 aromatic carbocycles. The normalized spacial score (nSPS) is 12.6. The van der Waals surface area contributed by atoms with E-state index in [-0.39, 0.29) is 11.7 Å². The highest BCUT2D eigenvalue weighted by Crippen LogP contribution is 2.22. The first-order chi connectivity index (χ1) is 9.13. The molecule has 0 bridgehead atoms. The van der Waals surface area contributed by atoms with Gasteiger partial charge in [-0.3, -0.25) is 0 Å². The number of nitrogens with two attached hydrogens (primary N) is 1. The second kappa shape index (κ2) is 5.75. The molecule has 2 rings (SSSR count). The number of tetrazole rings is 1. The highest BCUT2D eigenvalue weighted by molar-refractivity contribution is 5.59. The van der Waals surface area contributed by atoms with Crippen LogP contribution in [-0.4, -0.2) is 33.4 Å². The highest BCUT2D eigenvalue weighted by Gasteiger charge is 2.15. The molecule has 0 aliphatic rings. The smallest absolute Gasteiger partial charge is 0.182 e. The van der Waals surface area contributed by atoms with Crippen molar-refractivity contribution in [3.05, 3.63) is 24.0 Å². The second-order valence-electron chi connectivity index (χ2n) is 4.19. The number of ether oxygens (including phenoxy) is 1. The van der Waals surface area contributed by atoms with Crippen LogP contribution < -0.4 is 5.73 Å². The van der Waals surface area contributed by atoms with Crippen molar-refractivity contribution < 1.29 is 9.13 Å². The molecule has 2 aromatic rings. The van der Waals surface area contributed by atoms with Crippen molar-refractivity contribution in [2.75, 3.05) is 18.9 Å². The number of aromatic nitrogens is 4. The van der Waals surface area contributed by atoms with Crippen LogP contribution in [0.1, 0.15) is 19.9 Å². The third-order valence-corrected chi connectivity index (χ3v) is 2.73. The van der Waals surface area contributed by atoms with Gasteiger partial charge in [0.25, 0.3) is 0 Å². The quantitative estimate of drug-likeness (QED) is 0.832. The number of anilines is 1. The molecule has 0 aliphatic heterocycles. The molecule has 102 valence electrons. The molecule has 0 amide bonds. The van der Waals surface area contributed by atoms with Gasteiger partial charge in [-0.05, 0) is 42.5 Å². The van der Waals surface area contributed by atoms with E-state index in [1.807, 2.05) is 13.8 Å². The van der Waals surface area contributed by atoms with E-state index in [4.69, 9.17) is 10.5 Å². The Labute approximate surface area is 110 Å². The molecule has 0 aliphatic carbocycles. The monoisotopic (exact) mass is 265 g/mol. The number of rotatable bonds is 5. The molecule has 0 spiro atoms. The Morgan fingerprint density at radius 3 is 2.95 bits per heavy atom. The fourth-order valence-corrected chi connectivity index (χ4v) is 1.71. The number of nitrogens with zero attached hydrogens (tertiary/aromatic N) is 4. The maximum atomic E-state index is 13.5. The van der Waals surface area contributed by atoms with E-state index in [2.05, 4.69) is 15.5 Å². The van der Waals surface area contributed by atoms with Crippen LogP contribution in [0.2, 0.25) is 0 Å². The minimum Gasteiger partial charge on any atom is -0.396 e. The zero-order chi connectivity index (χ0) is 13.8. The van der Waals surface area contributed by atoms with Gasteiger partial charge >= 0.3 is 0 Å². The molecule has 1 unspecified atom stereocenters. The number of benzene rings is 1. The van der Waals surface area contributed by atoms with Gasteiger partial charge in [-0.25, -0.2) is 9.07 Å². The Morgan fingerprint density at radius 1 is 1.47 bits per heavy atom. The standard InChI is InChI=1S/C12H16FN5O/c1-3-19-7-8(2)18-12(15-16-17-18)9-4-5-11(14)10(13)6-9/h4-6,8H,3,7,14H2,1-2H3. The summed E-state index contributed by atoms with van der Waals surface area (Å²) in [5.74, 6) is 0.00983. The van der Waals surface area contributed by atoms with Crippen molar-refractivity contribution in [2.45, 2.75) is 19.9 Å². The highest BCUT2D eigenvalue weighted by atomic mass is 19.1. The van der Waals surface area contributed by atoms with Crippen LogP contribution in [0.3, 0.4) is 0 Å². The van der Waals surface area contributed by atoms with Gasteiger partial charge < -0.3 is 10.5 Å². The van der Waals surface area contributed by atoms with Crippen molar-refractivity contribution >= 4 is 5.69 Å². The second-order valence-corrected chi connectivity index (χ2v) is 4.19. The van der Waals surface area contributed by atoms with E-state index in [1.54, 1.807) is 10.7 Å². The van der Waals surface area contributed by atoms with Crippen LogP contribution in [0.5, 0.6) is 0 Å². The lowest BCUT2D eigenvalue weighted by molar-refractivity contribution is 0.115. The number of hydrogen-bond donors (Lipinski definition) is 1. The predicted octanol–water partition coefficient (Wildman–Crippen LogP) is 1.66. The summed E-state index contributed by atoms with van der Waals surface area (Å²) in [4.78, 5) is 0. The van der Waals surface area contributed by atoms with Gasteiger partial charge in [0.2, 0.25) is 0 Å². The number of hydrogen-bond acceptors (Lipinski definition) is 5. The van der Waals surface area contributed by atoms with E-state index in [0.717, 1.165) is 0 Å². The fourth-order valence-electron chi connectivity index (χ4n) is 1.71. The van der Waals surface area contributed by atoms with Gasteiger partial charge in [0.05, 0.1) is 18.3 Å². The van der Waals surface area contributed by atoms with Crippen LogP contribution in [0.25, 0.3) is 11.4 Å². The first kappa shape index (κ1) is 13.4. The third kappa shape index (κ3) is 2.87. The van der Waals surface area contributed by atoms with Crippen LogP contribution in [0, 0.1) is 5.82 Å². The van der Waals surface area contributed by atoms with E-state index in [1.165, 1.54) is 12.1 Å². The van der Waals surface area contributed by atoms with E-state index in [9.17, 15) is 4.39 Å². The molecule has 2 N–H and O–H groups in total. The van der Waals surface area contributed by atoms with Gasteiger partial charge in [-0.1, -0.05) is 0 Å². The van der Waals surface area contributed by atoms with Crippen molar-refractivity contribution in [3.63, 3.8) is 0 Å². The molecular weight excluding hydrogens is 249 g/mol. The molecule has 19 heavy (non-hydrogen) atoms. The van der Waals surface area contributed by atoms with Crippen molar-refractivity contribution in [1.29, 1.82) is 0 Å². The van der Waals surface area contributed by atoms with E-state index >= 15 is 0 Å². The molecule has 0 radical (unpaired) electrons. The molecule has 0 saturated carbocycles. The lowest BCUT2D eigenvalue weighted by Crippen LogP contribution is -2.15. The molecule has 1 heterocycles. The molecule has 7 heteroatoms. The summed E-state index contributed by atoms with van der Waals surface area (Å²) in [6, 6.07) is 4.47. The van der Waals surface area contributed by atoms with Crippen LogP contribution in [0.4, 0.5) is 10.1 Å². The lowest BCUT2D eigenvalue weighted by Gasteiger charge is -2.13. The Hall–Kier alpha value is -2.02.